The fourth-order valence-corrected chi connectivity index (χ4v) is 0.597. The minimum atomic E-state index is 0.699. The van der Waals surface area contributed by atoms with Crippen LogP contribution in [0.1, 0.15) is 19.8 Å². The van der Waals surface area contributed by atoms with Gasteiger partial charge in [-0.25, -0.2) is 0 Å². The number of hydrogen-bond donors (Lipinski definition) is 2. The van der Waals surface area contributed by atoms with Crippen molar-refractivity contribution in [3.63, 3.8) is 0 Å². The summed E-state index contributed by atoms with van der Waals surface area (Å²) >= 11 is 0. The van der Waals surface area contributed by atoms with Crippen LogP contribution in [0.4, 0.5) is 0 Å². The highest BCUT2D eigenvalue weighted by Gasteiger charge is 1.93. The van der Waals surface area contributed by atoms with E-state index in [4.69, 9.17) is 10.9 Å². The molecule has 3 N–H and O–H groups in total. The zero-order chi connectivity index (χ0) is 7.11. The molecule has 0 atom stereocenters. The second kappa shape index (κ2) is 6.01. The summed E-state index contributed by atoms with van der Waals surface area (Å²) in [5.41, 5.74) is 5.26. The molecular weight excluding hydrogens is 116 g/mol. The summed E-state index contributed by atoms with van der Waals surface area (Å²) in [4.78, 5) is 0. The van der Waals surface area contributed by atoms with Crippen LogP contribution >= 0.6 is 0 Å². The first-order valence-corrected chi connectivity index (χ1v) is 3.45. The highest BCUT2D eigenvalue weighted by atomic mass is 16.5. The van der Waals surface area contributed by atoms with E-state index >= 15 is 0 Å². The molecule has 0 radical (unpaired) electrons. The topological polar surface area (TPSA) is 49.5 Å². The van der Waals surface area contributed by atoms with E-state index in [1.165, 1.54) is 5.06 Å². The Morgan fingerprint density at radius 1 is 1.44 bits per heavy atom. The summed E-state index contributed by atoms with van der Waals surface area (Å²) in [7, 11) is 0. The van der Waals surface area contributed by atoms with E-state index < -0.39 is 0 Å². The van der Waals surface area contributed by atoms with Gasteiger partial charge in [0.15, 0.2) is 0 Å². The predicted molar refractivity (Wildman–Crippen MR) is 37.3 cm³/mol. The van der Waals surface area contributed by atoms with Gasteiger partial charge in [0.2, 0.25) is 0 Å². The van der Waals surface area contributed by atoms with E-state index in [1.54, 1.807) is 0 Å². The first-order valence-electron chi connectivity index (χ1n) is 3.45. The lowest BCUT2D eigenvalue weighted by molar-refractivity contribution is -0.0867. The molecule has 0 heterocycles. The van der Waals surface area contributed by atoms with Gasteiger partial charge in [-0.1, -0.05) is 6.92 Å². The van der Waals surface area contributed by atoms with Crippen molar-refractivity contribution in [1.82, 2.24) is 5.06 Å². The molecule has 0 amide bonds. The maximum atomic E-state index is 8.88. The molecule has 3 nitrogen and oxygen atoms in total. The van der Waals surface area contributed by atoms with Crippen LogP contribution in [0.15, 0.2) is 0 Å². The Labute approximate surface area is 56.4 Å². The number of rotatable bonds is 5. The van der Waals surface area contributed by atoms with Gasteiger partial charge < -0.3 is 10.9 Å². The molecule has 3 heteroatoms. The Morgan fingerprint density at radius 2 is 2.11 bits per heavy atom. The van der Waals surface area contributed by atoms with Gasteiger partial charge in [-0.05, 0) is 19.4 Å². The predicted octanol–water partition coefficient (Wildman–Crippen LogP) is 0.436. The summed E-state index contributed by atoms with van der Waals surface area (Å²) in [6.07, 6.45) is 1.98. The Hall–Kier alpha value is -0.120. The summed E-state index contributed by atoms with van der Waals surface area (Å²) in [6, 6.07) is 0. The standard InChI is InChI=1S/C6H16N2O/c1-2-8(9)6-4-3-5-7/h9H,2-7H2,1H3. The molecular formula is C6H16N2O. The molecule has 9 heavy (non-hydrogen) atoms. The molecule has 0 rings (SSSR count). The SMILES string of the molecule is CCN(O)CCCCN. The quantitative estimate of drug-likeness (QED) is 0.421. The highest BCUT2D eigenvalue weighted by molar-refractivity contribution is 4.43. The maximum absolute atomic E-state index is 8.88. The van der Waals surface area contributed by atoms with Gasteiger partial charge in [0, 0.05) is 13.1 Å². The van der Waals surface area contributed by atoms with E-state index in [0.29, 0.717) is 6.54 Å². The van der Waals surface area contributed by atoms with Crippen LogP contribution < -0.4 is 5.73 Å². The summed E-state index contributed by atoms with van der Waals surface area (Å²) in [6.45, 7) is 4.08. The minimum Gasteiger partial charge on any atom is -0.330 e. The van der Waals surface area contributed by atoms with Crippen molar-refractivity contribution in [1.29, 1.82) is 0 Å². The molecule has 56 valence electrons. The molecule has 0 aromatic carbocycles. The first kappa shape index (κ1) is 8.88. The van der Waals surface area contributed by atoms with Gasteiger partial charge >= 0.3 is 0 Å². The zero-order valence-corrected chi connectivity index (χ0v) is 6.01. The summed E-state index contributed by atoms with van der Waals surface area (Å²) < 4.78 is 0. The van der Waals surface area contributed by atoms with Crippen molar-refractivity contribution in [3.05, 3.63) is 0 Å². The van der Waals surface area contributed by atoms with Crippen LogP contribution in [0, 0.1) is 0 Å². The van der Waals surface area contributed by atoms with E-state index in [0.717, 1.165) is 25.9 Å². The third-order valence-electron chi connectivity index (χ3n) is 1.24. The van der Waals surface area contributed by atoms with Gasteiger partial charge in [0.05, 0.1) is 0 Å². The van der Waals surface area contributed by atoms with Gasteiger partial charge in [0.25, 0.3) is 0 Å². The number of hydrogen-bond acceptors (Lipinski definition) is 3. The van der Waals surface area contributed by atoms with E-state index in [-0.39, 0.29) is 0 Å². The lowest BCUT2D eigenvalue weighted by Crippen LogP contribution is -2.20. The Bertz CT molecular complexity index is 59.0. The number of nitrogens with zero attached hydrogens (tertiary/aromatic N) is 1. The van der Waals surface area contributed by atoms with E-state index in [1.807, 2.05) is 6.92 Å². The molecule has 0 saturated carbocycles. The number of hydroxylamine groups is 2. The Morgan fingerprint density at radius 3 is 2.56 bits per heavy atom. The smallest absolute Gasteiger partial charge is 0.0238 e. The number of unbranched alkanes of at least 4 members (excludes halogenated alkanes) is 1. The van der Waals surface area contributed by atoms with Gasteiger partial charge in [-0.3, -0.25) is 0 Å². The molecule has 0 aliphatic heterocycles. The molecule has 0 bridgehead atoms. The molecule has 0 aliphatic carbocycles. The van der Waals surface area contributed by atoms with E-state index in [9.17, 15) is 0 Å². The van der Waals surface area contributed by atoms with Gasteiger partial charge in [0.1, 0.15) is 0 Å². The van der Waals surface area contributed by atoms with Crippen LogP contribution in [0.2, 0.25) is 0 Å². The molecule has 0 aromatic heterocycles. The second-order valence-corrected chi connectivity index (χ2v) is 2.04. The lowest BCUT2D eigenvalue weighted by Gasteiger charge is -2.09. The lowest BCUT2D eigenvalue weighted by atomic mass is 10.3. The Balaban J connectivity index is 2.88. The summed E-state index contributed by atoms with van der Waals surface area (Å²) in [5, 5.41) is 10.2. The van der Waals surface area contributed by atoms with Gasteiger partial charge in [-0.2, -0.15) is 5.06 Å². The Kier molecular flexibility index (Phi) is 5.93. The van der Waals surface area contributed by atoms with Crippen molar-refractivity contribution in [3.8, 4) is 0 Å². The molecule has 0 aliphatic rings. The van der Waals surface area contributed by atoms with Crippen molar-refractivity contribution >= 4 is 0 Å². The van der Waals surface area contributed by atoms with Crippen LogP contribution in [0.5, 0.6) is 0 Å². The third kappa shape index (κ3) is 5.76. The minimum absolute atomic E-state index is 0.699. The summed E-state index contributed by atoms with van der Waals surface area (Å²) in [5.74, 6) is 0. The molecule has 0 unspecified atom stereocenters. The van der Waals surface area contributed by atoms with Crippen molar-refractivity contribution in [2.75, 3.05) is 19.6 Å². The third-order valence-corrected chi connectivity index (χ3v) is 1.24. The average molecular weight is 132 g/mol. The molecule has 0 aromatic rings. The number of nitrogens with two attached hydrogens (primary N) is 1. The monoisotopic (exact) mass is 132 g/mol. The largest absolute Gasteiger partial charge is 0.330 e. The van der Waals surface area contributed by atoms with Crippen molar-refractivity contribution in [2.24, 2.45) is 5.73 Å². The fourth-order valence-electron chi connectivity index (χ4n) is 0.597. The molecule has 0 saturated heterocycles. The zero-order valence-electron chi connectivity index (χ0n) is 6.01. The fraction of sp³-hybridized carbons (Fsp3) is 1.00. The van der Waals surface area contributed by atoms with Crippen LogP contribution in [-0.2, 0) is 0 Å². The van der Waals surface area contributed by atoms with E-state index in [2.05, 4.69) is 0 Å². The van der Waals surface area contributed by atoms with Crippen LogP contribution in [0.25, 0.3) is 0 Å². The molecule has 0 fully saturated rings. The maximum Gasteiger partial charge on any atom is 0.0238 e. The molecule has 0 spiro atoms. The van der Waals surface area contributed by atoms with Crippen molar-refractivity contribution in [2.45, 2.75) is 19.8 Å². The second-order valence-electron chi connectivity index (χ2n) is 2.04. The van der Waals surface area contributed by atoms with Gasteiger partial charge in [-0.15, -0.1) is 0 Å². The van der Waals surface area contributed by atoms with Crippen LogP contribution in [0.3, 0.4) is 0 Å². The van der Waals surface area contributed by atoms with Crippen molar-refractivity contribution < 1.29 is 5.21 Å². The van der Waals surface area contributed by atoms with Crippen LogP contribution in [-0.4, -0.2) is 29.9 Å². The first-order chi connectivity index (χ1) is 4.31. The highest BCUT2D eigenvalue weighted by Crippen LogP contribution is 1.88. The average Bonchev–Trinajstić information content (AvgIpc) is 1.89. The normalized spacial score (nSPS) is 10.7.